The summed E-state index contributed by atoms with van der Waals surface area (Å²) in [5.74, 6) is -0.640. The van der Waals surface area contributed by atoms with Crippen LogP contribution in [0.3, 0.4) is 0 Å². The number of esters is 1. The first kappa shape index (κ1) is 15.7. The summed E-state index contributed by atoms with van der Waals surface area (Å²) in [7, 11) is 0. The number of ether oxygens (including phenoxy) is 1. The van der Waals surface area contributed by atoms with Crippen molar-refractivity contribution in [3.63, 3.8) is 0 Å². The van der Waals surface area contributed by atoms with Crippen molar-refractivity contribution in [2.75, 3.05) is 6.54 Å². The third kappa shape index (κ3) is 6.96. The number of halogens is 1. The number of carbonyl (C=O) groups is 2. The molecule has 0 unspecified atom stereocenters. The minimum Gasteiger partial charge on any atom is -0.459 e. The molecule has 0 spiro atoms. The summed E-state index contributed by atoms with van der Waals surface area (Å²) in [6.45, 7) is 5.25. The Balaban J connectivity index is 2.38. The van der Waals surface area contributed by atoms with E-state index >= 15 is 0 Å². The van der Waals surface area contributed by atoms with Gasteiger partial charge in [-0.2, -0.15) is 0 Å². The van der Waals surface area contributed by atoms with Gasteiger partial charge in [-0.25, -0.2) is 0 Å². The third-order valence-electron chi connectivity index (χ3n) is 2.10. The van der Waals surface area contributed by atoms with E-state index in [1.54, 1.807) is 20.8 Å². The van der Waals surface area contributed by atoms with E-state index in [4.69, 9.17) is 4.74 Å². The van der Waals surface area contributed by atoms with Crippen molar-refractivity contribution in [2.45, 2.75) is 32.8 Å². The molecule has 0 atom stereocenters. The molecule has 19 heavy (non-hydrogen) atoms. The van der Waals surface area contributed by atoms with Crippen LogP contribution in [0.4, 0.5) is 0 Å². The molecule has 1 aromatic carbocycles. The van der Waals surface area contributed by atoms with Crippen LogP contribution in [0.2, 0.25) is 0 Å². The molecule has 1 N–H and O–H groups in total. The minimum absolute atomic E-state index is 0.107. The van der Waals surface area contributed by atoms with Gasteiger partial charge in [0.25, 0.3) is 0 Å². The van der Waals surface area contributed by atoms with E-state index < -0.39 is 11.6 Å². The summed E-state index contributed by atoms with van der Waals surface area (Å²) in [5, 5.41) is 2.54. The van der Waals surface area contributed by atoms with Crippen LogP contribution in [0.1, 0.15) is 26.3 Å². The number of hydrogen-bond donors (Lipinski definition) is 1. The zero-order chi connectivity index (χ0) is 14.5. The van der Waals surface area contributed by atoms with E-state index in [-0.39, 0.29) is 18.9 Å². The van der Waals surface area contributed by atoms with Crippen molar-refractivity contribution in [1.29, 1.82) is 0 Å². The van der Waals surface area contributed by atoms with E-state index in [1.807, 2.05) is 24.3 Å². The molecule has 4 nitrogen and oxygen atoms in total. The van der Waals surface area contributed by atoms with Crippen molar-refractivity contribution >= 4 is 27.8 Å². The fourth-order valence-electron chi connectivity index (χ4n) is 1.44. The first-order chi connectivity index (χ1) is 8.76. The normalized spacial score (nSPS) is 10.9. The Hall–Kier alpha value is -1.36. The summed E-state index contributed by atoms with van der Waals surface area (Å²) < 4.78 is 6.02. The predicted molar refractivity (Wildman–Crippen MR) is 76.7 cm³/mol. The number of carbonyl (C=O) groups excluding carboxylic acids is 2. The van der Waals surface area contributed by atoms with Crippen LogP contribution < -0.4 is 5.32 Å². The minimum atomic E-state index is -0.536. The highest BCUT2D eigenvalue weighted by atomic mass is 79.9. The molecule has 0 saturated heterocycles. The first-order valence-electron chi connectivity index (χ1n) is 5.99. The Morgan fingerprint density at radius 3 is 2.58 bits per heavy atom. The molecule has 0 fully saturated rings. The highest BCUT2D eigenvalue weighted by Crippen LogP contribution is 2.12. The second kappa shape index (κ2) is 6.70. The Kier molecular flexibility index (Phi) is 5.54. The van der Waals surface area contributed by atoms with Gasteiger partial charge in [0, 0.05) is 4.47 Å². The van der Waals surface area contributed by atoms with Gasteiger partial charge < -0.3 is 10.1 Å². The monoisotopic (exact) mass is 327 g/mol. The van der Waals surface area contributed by atoms with E-state index in [0.29, 0.717) is 0 Å². The molecule has 0 heterocycles. The van der Waals surface area contributed by atoms with Crippen molar-refractivity contribution < 1.29 is 14.3 Å². The van der Waals surface area contributed by atoms with Crippen LogP contribution in [0.15, 0.2) is 28.7 Å². The Morgan fingerprint density at radius 2 is 2.00 bits per heavy atom. The topological polar surface area (TPSA) is 55.4 Å². The van der Waals surface area contributed by atoms with Crippen LogP contribution in [0.5, 0.6) is 0 Å². The molecular formula is C14H18BrNO3. The molecule has 0 aliphatic heterocycles. The summed E-state index contributed by atoms with van der Waals surface area (Å²) in [6, 6.07) is 7.48. The molecule has 0 bridgehead atoms. The maximum Gasteiger partial charge on any atom is 0.325 e. The van der Waals surface area contributed by atoms with Crippen molar-refractivity contribution in [1.82, 2.24) is 5.32 Å². The van der Waals surface area contributed by atoms with E-state index in [1.165, 1.54) is 0 Å². The standard InChI is InChI=1S/C14H18BrNO3/c1-14(2,3)19-13(18)9-16-12(17)8-10-5-4-6-11(15)7-10/h4-7H,8-9H2,1-3H3,(H,16,17). The van der Waals surface area contributed by atoms with Crippen LogP contribution in [0.25, 0.3) is 0 Å². The maximum absolute atomic E-state index is 11.7. The van der Waals surface area contributed by atoms with Crippen molar-refractivity contribution in [3.8, 4) is 0 Å². The molecule has 5 heteroatoms. The lowest BCUT2D eigenvalue weighted by atomic mass is 10.1. The first-order valence-corrected chi connectivity index (χ1v) is 6.78. The van der Waals surface area contributed by atoms with Crippen molar-refractivity contribution in [3.05, 3.63) is 34.3 Å². The van der Waals surface area contributed by atoms with Crippen LogP contribution in [0, 0.1) is 0 Å². The maximum atomic E-state index is 11.7. The zero-order valence-electron chi connectivity index (χ0n) is 11.3. The molecule has 104 valence electrons. The smallest absolute Gasteiger partial charge is 0.325 e. The van der Waals surface area contributed by atoms with Gasteiger partial charge in [0.2, 0.25) is 5.91 Å². The highest BCUT2D eigenvalue weighted by Gasteiger charge is 2.16. The summed E-state index contributed by atoms with van der Waals surface area (Å²) in [5.41, 5.74) is 0.350. The quantitative estimate of drug-likeness (QED) is 0.864. The van der Waals surface area contributed by atoms with Gasteiger partial charge in [-0.3, -0.25) is 9.59 Å². The third-order valence-corrected chi connectivity index (χ3v) is 2.60. The number of nitrogens with one attached hydrogen (secondary N) is 1. The van der Waals surface area contributed by atoms with Gasteiger partial charge in [0.1, 0.15) is 12.1 Å². The van der Waals surface area contributed by atoms with Gasteiger partial charge in [-0.05, 0) is 38.5 Å². The highest BCUT2D eigenvalue weighted by molar-refractivity contribution is 9.10. The largest absolute Gasteiger partial charge is 0.459 e. The molecule has 0 aliphatic carbocycles. The SMILES string of the molecule is CC(C)(C)OC(=O)CNC(=O)Cc1cccc(Br)c1. The zero-order valence-corrected chi connectivity index (χ0v) is 12.9. The van der Waals surface area contributed by atoms with Crippen LogP contribution >= 0.6 is 15.9 Å². The second-order valence-electron chi connectivity index (χ2n) is 5.17. The van der Waals surface area contributed by atoms with Gasteiger partial charge >= 0.3 is 5.97 Å². The Labute approximate surface area is 121 Å². The van der Waals surface area contributed by atoms with Gasteiger partial charge in [0.05, 0.1) is 6.42 Å². The number of amides is 1. The number of hydrogen-bond acceptors (Lipinski definition) is 3. The average molecular weight is 328 g/mol. The van der Waals surface area contributed by atoms with Gasteiger partial charge in [0.15, 0.2) is 0 Å². The van der Waals surface area contributed by atoms with Crippen LogP contribution in [-0.2, 0) is 20.7 Å². The molecule has 1 rings (SSSR count). The number of rotatable bonds is 4. The average Bonchev–Trinajstić information content (AvgIpc) is 2.24. The predicted octanol–water partition coefficient (Wildman–Crippen LogP) is 2.45. The molecule has 1 amide bonds. The summed E-state index contributed by atoms with van der Waals surface area (Å²) >= 11 is 3.34. The molecule has 0 aliphatic rings. The van der Waals surface area contributed by atoms with Crippen molar-refractivity contribution in [2.24, 2.45) is 0 Å². The lowest BCUT2D eigenvalue weighted by Crippen LogP contribution is -2.35. The van der Waals surface area contributed by atoms with Gasteiger partial charge in [-0.15, -0.1) is 0 Å². The fourth-order valence-corrected chi connectivity index (χ4v) is 1.89. The van der Waals surface area contributed by atoms with Crippen LogP contribution in [-0.4, -0.2) is 24.0 Å². The molecule has 0 saturated carbocycles. The molecule has 0 aromatic heterocycles. The number of benzene rings is 1. The van der Waals surface area contributed by atoms with E-state index in [9.17, 15) is 9.59 Å². The Bertz CT molecular complexity index is 466. The van der Waals surface area contributed by atoms with Gasteiger partial charge in [-0.1, -0.05) is 28.1 Å². The second-order valence-corrected chi connectivity index (χ2v) is 6.09. The fraction of sp³-hybridized carbons (Fsp3) is 0.429. The summed E-state index contributed by atoms with van der Waals surface area (Å²) in [6.07, 6.45) is 0.238. The summed E-state index contributed by atoms with van der Waals surface area (Å²) in [4.78, 5) is 23.1. The molecule has 1 aromatic rings. The van der Waals surface area contributed by atoms with E-state index in [2.05, 4.69) is 21.2 Å². The van der Waals surface area contributed by atoms with E-state index in [0.717, 1.165) is 10.0 Å². The Morgan fingerprint density at radius 1 is 1.32 bits per heavy atom. The molecular weight excluding hydrogens is 310 g/mol. The lowest BCUT2D eigenvalue weighted by Gasteiger charge is -2.19. The lowest BCUT2D eigenvalue weighted by molar-refractivity contribution is -0.154. The molecule has 0 radical (unpaired) electrons.